The Morgan fingerprint density at radius 2 is 2.10 bits per heavy atom. The molecule has 0 heterocycles. The first-order valence-corrected chi connectivity index (χ1v) is 8.57. The third-order valence-corrected chi connectivity index (χ3v) is 4.59. The molecular formula is C14H21N3O3S. The van der Waals surface area contributed by atoms with Gasteiger partial charge in [-0.25, -0.2) is 13.6 Å². The predicted molar refractivity (Wildman–Crippen MR) is 80.9 cm³/mol. The van der Waals surface area contributed by atoms with Crippen LogP contribution in [0.25, 0.3) is 0 Å². The molecule has 0 aliphatic heterocycles. The highest BCUT2D eigenvalue weighted by atomic mass is 32.2. The average Bonchev–Trinajstić information content (AvgIpc) is 3.21. The highest BCUT2D eigenvalue weighted by Gasteiger charge is 2.41. The number of benzene rings is 1. The summed E-state index contributed by atoms with van der Waals surface area (Å²) in [5.41, 5.74) is 6.27. The van der Waals surface area contributed by atoms with Crippen molar-refractivity contribution in [2.45, 2.75) is 31.1 Å². The van der Waals surface area contributed by atoms with Gasteiger partial charge in [-0.2, -0.15) is 0 Å². The number of primary sulfonamides is 1. The van der Waals surface area contributed by atoms with E-state index in [1.165, 1.54) is 0 Å². The van der Waals surface area contributed by atoms with E-state index in [9.17, 15) is 13.2 Å². The number of nitrogens with one attached hydrogen (secondary N) is 1. The molecule has 1 fully saturated rings. The van der Waals surface area contributed by atoms with E-state index in [1.807, 2.05) is 6.92 Å². The molecule has 1 aromatic rings. The number of carbonyl (C=O) groups is 1. The van der Waals surface area contributed by atoms with E-state index in [0.717, 1.165) is 12.8 Å². The Hall–Kier alpha value is -1.44. The van der Waals surface area contributed by atoms with Gasteiger partial charge in [0.2, 0.25) is 10.0 Å². The van der Waals surface area contributed by atoms with Crippen molar-refractivity contribution in [2.24, 2.45) is 16.8 Å². The first-order valence-electron chi connectivity index (χ1n) is 6.85. The summed E-state index contributed by atoms with van der Waals surface area (Å²) in [6, 6.07) is 6.46. The summed E-state index contributed by atoms with van der Waals surface area (Å²) in [6.07, 6.45) is 2.14. The quantitative estimate of drug-likeness (QED) is 0.702. The van der Waals surface area contributed by atoms with Crippen LogP contribution < -0.4 is 16.2 Å². The summed E-state index contributed by atoms with van der Waals surface area (Å²) in [7, 11) is -3.61. The van der Waals surface area contributed by atoms with Gasteiger partial charge in [-0.1, -0.05) is 12.1 Å². The molecule has 1 aliphatic carbocycles. The molecule has 0 saturated heterocycles. The molecule has 0 bridgehead atoms. The van der Waals surface area contributed by atoms with Crippen LogP contribution in [0.3, 0.4) is 0 Å². The Balaban J connectivity index is 2.14. The SMILES string of the molecule is CC(CN)(NC(=O)c1cccc(CS(N)(=O)=O)c1)C1CC1. The molecule has 21 heavy (non-hydrogen) atoms. The van der Waals surface area contributed by atoms with E-state index in [-0.39, 0.29) is 11.7 Å². The van der Waals surface area contributed by atoms with E-state index < -0.39 is 15.6 Å². The van der Waals surface area contributed by atoms with Gasteiger partial charge in [0, 0.05) is 12.1 Å². The predicted octanol–water partition coefficient (Wildman–Crippen LogP) is 0.332. The van der Waals surface area contributed by atoms with E-state index in [1.54, 1.807) is 24.3 Å². The molecule has 0 radical (unpaired) electrons. The minimum absolute atomic E-state index is 0.244. The van der Waals surface area contributed by atoms with Gasteiger partial charge in [-0.3, -0.25) is 4.79 Å². The maximum Gasteiger partial charge on any atom is 0.251 e. The van der Waals surface area contributed by atoms with Crippen LogP contribution in [0.4, 0.5) is 0 Å². The van der Waals surface area contributed by atoms with Crippen molar-refractivity contribution < 1.29 is 13.2 Å². The van der Waals surface area contributed by atoms with E-state index in [2.05, 4.69) is 5.32 Å². The number of nitrogens with two attached hydrogens (primary N) is 2. The van der Waals surface area contributed by atoms with Crippen molar-refractivity contribution in [3.63, 3.8) is 0 Å². The molecule has 1 aliphatic rings. The largest absolute Gasteiger partial charge is 0.345 e. The lowest BCUT2D eigenvalue weighted by molar-refractivity contribution is 0.0897. The number of rotatable bonds is 6. The minimum Gasteiger partial charge on any atom is -0.345 e. The van der Waals surface area contributed by atoms with Crippen molar-refractivity contribution >= 4 is 15.9 Å². The Morgan fingerprint density at radius 3 is 2.62 bits per heavy atom. The zero-order valence-corrected chi connectivity index (χ0v) is 12.8. The van der Waals surface area contributed by atoms with Crippen LogP contribution in [0.1, 0.15) is 35.7 Å². The van der Waals surface area contributed by atoms with Crippen LogP contribution in [-0.4, -0.2) is 26.4 Å². The van der Waals surface area contributed by atoms with Gasteiger partial charge >= 0.3 is 0 Å². The maximum absolute atomic E-state index is 12.3. The molecule has 1 amide bonds. The van der Waals surface area contributed by atoms with Crippen molar-refractivity contribution in [1.29, 1.82) is 0 Å². The highest BCUT2D eigenvalue weighted by molar-refractivity contribution is 7.88. The fourth-order valence-corrected chi connectivity index (χ4v) is 3.05. The third-order valence-electron chi connectivity index (χ3n) is 3.86. The summed E-state index contributed by atoms with van der Waals surface area (Å²) in [4.78, 5) is 12.3. The third kappa shape index (κ3) is 4.26. The average molecular weight is 311 g/mol. The molecule has 6 nitrogen and oxygen atoms in total. The minimum atomic E-state index is -3.61. The Labute approximate surface area is 124 Å². The first-order chi connectivity index (χ1) is 9.73. The van der Waals surface area contributed by atoms with Crippen molar-refractivity contribution in [3.8, 4) is 0 Å². The Bertz CT molecular complexity index is 641. The summed E-state index contributed by atoms with van der Waals surface area (Å²) < 4.78 is 22.2. The summed E-state index contributed by atoms with van der Waals surface area (Å²) >= 11 is 0. The molecule has 0 spiro atoms. The van der Waals surface area contributed by atoms with Gasteiger partial charge in [0.15, 0.2) is 0 Å². The van der Waals surface area contributed by atoms with Gasteiger partial charge in [0.1, 0.15) is 0 Å². The van der Waals surface area contributed by atoms with Gasteiger partial charge in [-0.15, -0.1) is 0 Å². The lowest BCUT2D eigenvalue weighted by atomic mass is 9.95. The van der Waals surface area contributed by atoms with E-state index in [4.69, 9.17) is 10.9 Å². The molecule has 116 valence electrons. The Morgan fingerprint density at radius 1 is 1.43 bits per heavy atom. The second kappa shape index (κ2) is 5.75. The zero-order chi connectivity index (χ0) is 15.7. The van der Waals surface area contributed by atoms with Crippen LogP contribution in [0.15, 0.2) is 24.3 Å². The zero-order valence-electron chi connectivity index (χ0n) is 12.0. The number of carbonyl (C=O) groups excluding carboxylic acids is 1. The van der Waals surface area contributed by atoms with Crippen LogP contribution in [0, 0.1) is 5.92 Å². The van der Waals surface area contributed by atoms with Crippen LogP contribution in [0.5, 0.6) is 0 Å². The van der Waals surface area contributed by atoms with Gasteiger partial charge < -0.3 is 11.1 Å². The van der Waals surface area contributed by atoms with Crippen molar-refractivity contribution in [1.82, 2.24) is 5.32 Å². The maximum atomic E-state index is 12.3. The molecule has 2 rings (SSSR count). The topological polar surface area (TPSA) is 115 Å². The fourth-order valence-electron chi connectivity index (χ4n) is 2.41. The van der Waals surface area contributed by atoms with Crippen LogP contribution in [-0.2, 0) is 15.8 Å². The van der Waals surface area contributed by atoms with Gasteiger partial charge in [-0.05, 0) is 43.4 Å². The van der Waals surface area contributed by atoms with Gasteiger partial charge in [0.05, 0.1) is 11.3 Å². The molecule has 1 aromatic carbocycles. The summed E-state index contributed by atoms with van der Waals surface area (Å²) in [5, 5.41) is 7.99. The van der Waals surface area contributed by atoms with E-state index in [0.29, 0.717) is 23.6 Å². The van der Waals surface area contributed by atoms with Gasteiger partial charge in [0.25, 0.3) is 5.91 Å². The highest BCUT2D eigenvalue weighted by Crippen LogP contribution is 2.39. The molecule has 5 N–H and O–H groups in total. The molecule has 1 unspecified atom stereocenters. The normalized spacial score (nSPS) is 18.0. The fraction of sp³-hybridized carbons (Fsp3) is 0.500. The van der Waals surface area contributed by atoms with Crippen LogP contribution in [0.2, 0.25) is 0 Å². The smallest absolute Gasteiger partial charge is 0.251 e. The first kappa shape index (κ1) is 15.9. The standard InChI is InChI=1S/C14H21N3O3S/c1-14(9-15,12-5-6-12)17-13(18)11-4-2-3-10(7-11)8-21(16,19)20/h2-4,7,12H,5-6,8-9,15H2,1H3,(H,17,18)(H2,16,19,20). The van der Waals surface area contributed by atoms with Crippen LogP contribution >= 0.6 is 0 Å². The number of sulfonamides is 1. The second-order valence-electron chi connectivity index (χ2n) is 5.86. The number of hydrogen-bond acceptors (Lipinski definition) is 4. The van der Waals surface area contributed by atoms with E-state index >= 15 is 0 Å². The van der Waals surface area contributed by atoms with Crippen molar-refractivity contribution in [2.75, 3.05) is 6.54 Å². The number of hydrogen-bond donors (Lipinski definition) is 3. The monoisotopic (exact) mass is 311 g/mol. The molecule has 1 saturated carbocycles. The lowest BCUT2D eigenvalue weighted by Crippen LogP contribution is -2.53. The molecule has 1 atom stereocenters. The molecular weight excluding hydrogens is 290 g/mol. The lowest BCUT2D eigenvalue weighted by Gasteiger charge is -2.29. The second-order valence-corrected chi connectivity index (χ2v) is 7.47. The van der Waals surface area contributed by atoms with Crippen molar-refractivity contribution in [3.05, 3.63) is 35.4 Å². The summed E-state index contributed by atoms with van der Waals surface area (Å²) in [6.45, 7) is 2.32. The number of amides is 1. The Kier molecular flexibility index (Phi) is 4.36. The molecule has 7 heteroatoms. The summed E-state index contributed by atoms with van der Waals surface area (Å²) in [5.74, 6) is -0.115. The molecule has 0 aromatic heterocycles.